The molecule has 0 amide bonds. The van der Waals surface area contributed by atoms with Crippen LogP contribution in [0.1, 0.15) is 168 Å². The number of hydrogen-bond acceptors (Lipinski definition) is 8. The highest BCUT2D eigenvalue weighted by molar-refractivity contribution is 7.47. The van der Waals surface area contributed by atoms with Gasteiger partial charge in [0.15, 0.2) is 0 Å². The Morgan fingerprint density at radius 2 is 0.846 bits per heavy atom. The predicted octanol–water partition coefficient (Wildman–Crippen LogP) is 14.4. The molecule has 3 unspecified atom stereocenters. The van der Waals surface area contributed by atoms with E-state index in [2.05, 4.69) is 135 Å². The van der Waals surface area contributed by atoms with Crippen molar-refractivity contribution in [3.05, 3.63) is 122 Å². The maximum absolute atomic E-state index is 12.7. The van der Waals surface area contributed by atoms with E-state index in [1.54, 1.807) is 0 Å². The van der Waals surface area contributed by atoms with Crippen molar-refractivity contribution in [3.63, 3.8) is 0 Å². The molecule has 0 aromatic carbocycles. The van der Waals surface area contributed by atoms with Crippen molar-refractivity contribution in [2.75, 3.05) is 26.4 Å². The second kappa shape index (κ2) is 48.3. The molecule has 0 saturated carbocycles. The lowest BCUT2D eigenvalue weighted by Crippen LogP contribution is -2.34. The standard InChI is InChI=1S/C54H88NO9P/c1-3-5-7-9-11-13-15-17-19-21-23-25-26-27-28-30-32-34-36-38-40-42-44-46-53(56)64-51(49-62-65(59,60)63-50-52(55)54(57)58)48-61-47-45-43-41-39-37-35-33-31-29-24-22-20-18-16-14-12-10-8-6-4-2/h5-8,11-14,17-20,23-25,27-29,33,35,51-52H,3-4,9-10,15-16,21-22,26,30-32,34,36-50,55H2,1-2H3,(H,57,58)(H,59,60)/b7-5-,8-6-,13-11-,14-12-,19-17-,20-18-,25-23-,28-27-,29-24-,35-33-. The smallest absolute Gasteiger partial charge is 0.472 e. The SMILES string of the molecule is CC/C=C\C/C=C\C/C=C\C/C=C\C/C=C\CCCCCCCCCC(=O)OC(COCCCCCC/C=C\C/C=C\C/C=C\C/C=C\C/C=C\CC)COP(=O)(O)OCC(N)C(=O)O. The number of allylic oxidation sites excluding steroid dienone is 20. The van der Waals surface area contributed by atoms with Gasteiger partial charge in [-0.05, 0) is 103 Å². The number of carbonyl (C=O) groups is 2. The molecular weight excluding hydrogens is 838 g/mol. The Balaban J connectivity index is 4.28. The average Bonchev–Trinajstić information content (AvgIpc) is 3.29. The summed E-state index contributed by atoms with van der Waals surface area (Å²) < 4.78 is 33.4. The van der Waals surface area contributed by atoms with E-state index in [0.717, 1.165) is 128 Å². The summed E-state index contributed by atoms with van der Waals surface area (Å²) >= 11 is 0. The quantitative estimate of drug-likeness (QED) is 0.0233. The number of esters is 1. The molecule has 0 fully saturated rings. The minimum absolute atomic E-state index is 0.0139. The zero-order valence-electron chi connectivity index (χ0n) is 40.3. The van der Waals surface area contributed by atoms with Crippen LogP contribution in [0.3, 0.4) is 0 Å². The lowest BCUT2D eigenvalue weighted by molar-refractivity contribution is -0.154. The van der Waals surface area contributed by atoms with Crippen molar-refractivity contribution in [3.8, 4) is 0 Å². The van der Waals surface area contributed by atoms with Gasteiger partial charge in [0.25, 0.3) is 0 Å². The Morgan fingerprint density at radius 3 is 1.26 bits per heavy atom. The highest BCUT2D eigenvalue weighted by atomic mass is 31.2. The van der Waals surface area contributed by atoms with Crippen molar-refractivity contribution in [2.24, 2.45) is 5.73 Å². The van der Waals surface area contributed by atoms with E-state index in [0.29, 0.717) is 13.0 Å². The fourth-order valence-electron chi connectivity index (χ4n) is 6.01. The molecule has 0 radical (unpaired) electrons. The number of phosphoric ester groups is 1. The van der Waals surface area contributed by atoms with Gasteiger partial charge in [0.05, 0.1) is 19.8 Å². The molecule has 4 N–H and O–H groups in total. The molecule has 3 atom stereocenters. The molecule has 0 aromatic rings. The van der Waals surface area contributed by atoms with Crippen LogP contribution in [-0.2, 0) is 32.7 Å². The molecular formula is C54H88NO9P. The minimum atomic E-state index is -4.64. The molecule has 0 saturated heterocycles. The number of phosphoric acid groups is 1. The highest BCUT2D eigenvalue weighted by Crippen LogP contribution is 2.43. The van der Waals surface area contributed by atoms with Crippen LogP contribution in [0.25, 0.3) is 0 Å². The van der Waals surface area contributed by atoms with Crippen molar-refractivity contribution in [1.29, 1.82) is 0 Å². The van der Waals surface area contributed by atoms with Crippen LogP contribution < -0.4 is 5.73 Å². The summed E-state index contributed by atoms with van der Waals surface area (Å²) in [5, 5.41) is 8.93. The van der Waals surface area contributed by atoms with Gasteiger partial charge < -0.3 is 25.2 Å². The molecule has 0 aliphatic carbocycles. The number of ether oxygens (including phenoxy) is 2. The average molecular weight is 926 g/mol. The fourth-order valence-corrected chi connectivity index (χ4v) is 6.79. The third kappa shape index (κ3) is 48.1. The number of carbonyl (C=O) groups excluding carboxylic acids is 1. The highest BCUT2D eigenvalue weighted by Gasteiger charge is 2.27. The van der Waals surface area contributed by atoms with Crippen molar-refractivity contribution >= 4 is 19.8 Å². The summed E-state index contributed by atoms with van der Waals surface area (Å²) in [6.07, 6.45) is 66.8. The van der Waals surface area contributed by atoms with Crippen LogP contribution in [0.4, 0.5) is 0 Å². The van der Waals surface area contributed by atoms with Crippen LogP contribution in [0.15, 0.2) is 122 Å². The zero-order chi connectivity index (χ0) is 47.6. The first kappa shape index (κ1) is 61.4. The molecule has 0 heterocycles. The van der Waals surface area contributed by atoms with Crippen LogP contribution >= 0.6 is 7.82 Å². The summed E-state index contributed by atoms with van der Waals surface area (Å²) in [6, 6.07) is -1.49. The minimum Gasteiger partial charge on any atom is -0.480 e. The van der Waals surface area contributed by atoms with Gasteiger partial charge in [0, 0.05) is 13.0 Å². The van der Waals surface area contributed by atoms with E-state index in [9.17, 15) is 19.0 Å². The Morgan fingerprint density at radius 1 is 0.492 bits per heavy atom. The Kier molecular flexibility index (Phi) is 45.6. The molecule has 0 aliphatic rings. The summed E-state index contributed by atoms with van der Waals surface area (Å²) in [5.74, 6) is -1.81. The molecule has 0 rings (SSSR count). The van der Waals surface area contributed by atoms with Gasteiger partial charge in [-0.25, -0.2) is 4.57 Å². The van der Waals surface area contributed by atoms with E-state index < -0.39 is 45.1 Å². The normalized spacial score (nSPS) is 14.8. The van der Waals surface area contributed by atoms with E-state index in [1.165, 1.54) is 12.8 Å². The molecule has 11 heteroatoms. The molecule has 10 nitrogen and oxygen atoms in total. The van der Waals surface area contributed by atoms with Gasteiger partial charge in [-0.3, -0.25) is 18.6 Å². The number of hydrogen-bond donors (Lipinski definition) is 3. The van der Waals surface area contributed by atoms with Crippen molar-refractivity contribution in [1.82, 2.24) is 0 Å². The second-order valence-corrected chi connectivity index (χ2v) is 17.3. The molecule has 0 bridgehead atoms. The van der Waals surface area contributed by atoms with Gasteiger partial charge in [-0.15, -0.1) is 0 Å². The predicted molar refractivity (Wildman–Crippen MR) is 272 cm³/mol. The first-order valence-corrected chi connectivity index (χ1v) is 26.1. The van der Waals surface area contributed by atoms with Crippen LogP contribution in [0.2, 0.25) is 0 Å². The van der Waals surface area contributed by atoms with Gasteiger partial charge in [-0.1, -0.05) is 180 Å². The van der Waals surface area contributed by atoms with E-state index >= 15 is 0 Å². The third-order valence-corrected chi connectivity index (χ3v) is 10.7. The van der Waals surface area contributed by atoms with E-state index in [-0.39, 0.29) is 13.0 Å². The maximum atomic E-state index is 12.7. The number of carboxylic acid groups (broad SMARTS) is 1. The summed E-state index contributed by atoms with van der Waals surface area (Å²) in [4.78, 5) is 33.7. The van der Waals surface area contributed by atoms with Crippen LogP contribution in [0.5, 0.6) is 0 Å². The third-order valence-electron chi connectivity index (χ3n) is 9.74. The lowest BCUT2D eigenvalue weighted by Gasteiger charge is -2.20. The fraction of sp³-hybridized carbons (Fsp3) is 0.593. The van der Waals surface area contributed by atoms with Crippen molar-refractivity contribution < 1.29 is 42.7 Å². The first-order chi connectivity index (χ1) is 31.7. The number of carboxylic acids is 1. The molecule has 368 valence electrons. The number of aliphatic carboxylic acids is 1. The Bertz CT molecular complexity index is 1490. The molecule has 65 heavy (non-hydrogen) atoms. The van der Waals surface area contributed by atoms with Crippen LogP contribution in [-0.4, -0.2) is 60.5 Å². The summed E-state index contributed by atoms with van der Waals surface area (Å²) in [7, 11) is -4.64. The molecule has 0 spiro atoms. The summed E-state index contributed by atoms with van der Waals surface area (Å²) in [5.41, 5.74) is 5.37. The van der Waals surface area contributed by atoms with E-state index in [1.807, 2.05) is 0 Å². The molecule has 0 aliphatic heterocycles. The van der Waals surface area contributed by atoms with Crippen molar-refractivity contribution in [2.45, 2.75) is 180 Å². The number of nitrogens with two attached hydrogens (primary N) is 1. The monoisotopic (exact) mass is 926 g/mol. The van der Waals surface area contributed by atoms with Gasteiger partial charge in [0.2, 0.25) is 0 Å². The number of unbranched alkanes of at least 4 members (excludes halogenated alkanes) is 11. The first-order valence-electron chi connectivity index (χ1n) is 24.6. The lowest BCUT2D eigenvalue weighted by atomic mass is 10.1. The van der Waals surface area contributed by atoms with E-state index in [4.69, 9.17) is 29.4 Å². The Hall–Kier alpha value is -3.63. The number of rotatable bonds is 45. The zero-order valence-corrected chi connectivity index (χ0v) is 41.2. The van der Waals surface area contributed by atoms with Crippen LogP contribution in [0, 0.1) is 0 Å². The Labute approximate surface area is 394 Å². The topological polar surface area (TPSA) is 155 Å². The maximum Gasteiger partial charge on any atom is 0.472 e. The van der Waals surface area contributed by atoms with Gasteiger partial charge in [0.1, 0.15) is 12.1 Å². The molecule has 0 aromatic heterocycles. The summed E-state index contributed by atoms with van der Waals surface area (Å²) in [6.45, 7) is 3.56. The largest absolute Gasteiger partial charge is 0.480 e. The second-order valence-electron chi connectivity index (χ2n) is 15.8. The van der Waals surface area contributed by atoms with Gasteiger partial charge in [-0.2, -0.15) is 0 Å². The van der Waals surface area contributed by atoms with Gasteiger partial charge >= 0.3 is 19.8 Å².